The van der Waals surface area contributed by atoms with Crippen molar-refractivity contribution in [3.05, 3.63) is 29.8 Å². The molecule has 1 nitrogen and oxygen atoms in total. The lowest BCUT2D eigenvalue weighted by atomic mass is 9.86. The second-order valence-electron chi connectivity index (χ2n) is 2.09. The minimum atomic E-state index is -2.46. The highest BCUT2D eigenvalue weighted by Crippen LogP contribution is 1.95. The molecule has 0 fully saturated rings. The zero-order chi connectivity index (χ0) is 8.27. The van der Waals surface area contributed by atoms with Crippen LogP contribution in [0.3, 0.4) is 0 Å². The summed E-state index contributed by atoms with van der Waals surface area (Å²) in [5.74, 6) is 0. The SMILES string of the molecule is O=Cc1ccc(B(F)F)cc1. The normalized spacial score (nSPS) is 9.27. The Hall–Kier alpha value is -1.19. The molecule has 0 N–H and O–H groups in total. The van der Waals surface area contributed by atoms with Crippen LogP contribution in [0.2, 0.25) is 0 Å². The zero-order valence-electron chi connectivity index (χ0n) is 5.63. The molecular weight excluding hydrogens is 149 g/mol. The van der Waals surface area contributed by atoms with E-state index in [9.17, 15) is 13.4 Å². The van der Waals surface area contributed by atoms with Crippen LogP contribution in [-0.4, -0.2) is 13.6 Å². The Morgan fingerprint density at radius 1 is 1.18 bits per heavy atom. The monoisotopic (exact) mass is 154 g/mol. The Bertz CT molecular complexity index is 245. The van der Waals surface area contributed by atoms with E-state index in [1.165, 1.54) is 24.3 Å². The molecule has 0 saturated heterocycles. The van der Waals surface area contributed by atoms with E-state index >= 15 is 0 Å². The average Bonchev–Trinajstić information content (AvgIpc) is 2.05. The highest BCUT2D eigenvalue weighted by Gasteiger charge is 2.14. The van der Waals surface area contributed by atoms with E-state index in [4.69, 9.17) is 0 Å². The molecule has 0 spiro atoms. The molecule has 0 unspecified atom stereocenters. The first kappa shape index (κ1) is 7.92. The van der Waals surface area contributed by atoms with Crippen LogP contribution in [0.1, 0.15) is 10.4 Å². The van der Waals surface area contributed by atoms with Gasteiger partial charge in [0.15, 0.2) is 0 Å². The Morgan fingerprint density at radius 2 is 1.73 bits per heavy atom. The van der Waals surface area contributed by atoms with Crippen molar-refractivity contribution in [1.82, 2.24) is 0 Å². The van der Waals surface area contributed by atoms with Gasteiger partial charge in [-0.15, -0.1) is 0 Å². The second kappa shape index (κ2) is 3.28. The molecule has 4 heteroatoms. The number of halogens is 2. The summed E-state index contributed by atoms with van der Waals surface area (Å²) in [4.78, 5) is 10.1. The highest BCUT2D eigenvalue weighted by atomic mass is 19.2. The van der Waals surface area contributed by atoms with Crippen LogP contribution < -0.4 is 5.46 Å². The fourth-order valence-electron chi connectivity index (χ4n) is 0.720. The molecule has 1 aromatic rings. The summed E-state index contributed by atoms with van der Waals surface area (Å²) < 4.78 is 23.8. The van der Waals surface area contributed by atoms with Gasteiger partial charge in [0.25, 0.3) is 0 Å². The molecule has 0 aromatic heterocycles. The lowest BCUT2D eigenvalue weighted by Crippen LogP contribution is -2.19. The summed E-state index contributed by atoms with van der Waals surface area (Å²) in [6, 6.07) is 5.23. The fourth-order valence-corrected chi connectivity index (χ4v) is 0.720. The van der Waals surface area contributed by atoms with E-state index < -0.39 is 7.27 Å². The summed E-state index contributed by atoms with van der Waals surface area (Å²) in [5.41, 5.74) is 0.352. The minimum absolute atomic E-state index is 0.0596. The van der Waals surface area contributed by atoms with E-state index in [0.717, 1.165) is 0 Å². The van der Waals surface area contributed by atoms with Crippen molar-refractivity contribution in [2.24, 2.45) is 0 Å². The molecule has 0 aliphatic rings. The van der Waals surface area contributed by atoms with Crippen molar-refractivity contribution in [3.63, 3.8) is 0 Å². The standard InChI is InChI=1S/C7H5BF2O/c9-8(10)7-3-1-6(5-11)2-4-7/h1-5H. The number of aldehydes is 1. The van der Waals surface area contributed by atoms with E-state index in [2.05, 4.69) is 0 Å². The smallest absolute Gasteiger partial charge is 0.298 e. The van der Waals surface area contributed by atoms with Gasteiger partial charge in [-0.3, -0.25) is 13.4 Å². The van der Waals surface area contributed by atoms with Crippen molar-refractivity contribution in [2.75, 3.05) is 0 Å². The zero-order valence-corrected chi connectivity index (χ0v) is 5.63. The number of rotatable bonds is 2. The lowest BCUT2D eigenvalue weighted by Gasteiger charge is -1.93. The first-order valence-corrected chi connectivity index (χ1v) is 3.07. The number of benzene rings is 1. The first-order chi connectivity index (χ1) is 5.24. The molecule has 0 bridgehead atoms. The first-order valence-electron chi connectivity index (χ1n) is 3.07. The molecule has 11 heavy (non-hydrogen) atoms. The van der Waals surface area contributed by atoms with Gasteiger partial charge >= 0.3 is 7.27 Å². The van der Waals surface area contributed by atoms with Gasteiger partial charge in [0.2, 0.25) is 0 Å². The maximum absolute atomic E-state index is 11.9. The van der Waals surface area contributed by atoms with Gasteiger partial charge in [0, 0.05) is 5.56 Å². The van der Waals surface area contributed by atoms with Gasteiger partial charge in [-0.05, 0) is 5.46 Å². The second-order valence-corrected chi connectivity index (χ2v) is 2.09. The maximum atomic E-state index is 11.9. The molecule has 0 atom stereocenters. The fraction of sp³-hybridized carbons (Fsp3) is 0. The molecule has 0 amide bonds. The van der Waals surface area contributed by atoms with Crippen LogP contribution >= 0.6 is 0 Å². The van der Waals surface area contributed by atoms with Crippen LogP contribution in [-0.2, 0) is 0 Å². The van der Waals surface area contributed by atoms with Crippen molar-refractivity contribution in [3.8, 4) is 0 Å². The Balaban J connectivity index is 2.91. The molecule has 1 rings (SSSR count). The third-order valence-electron chi connectivity index (χ3n) is 1.32. The van der Waals surface area contributed by atoms with Crippen molar-refractivity contribution >= 4 is 19.0 Å². The summed E-state index contributed by atoms with van der Waals surface area (Å²) in [6.45, 7) is 0. The van der Waals surface area contributed by atoms with Gasteiger partial charge < -0.3 is 0 Å². The number of hydrogen-bond donors (Lipinski definition) is 0. The average molecular weight is 154 g/mol. The van der Waals surface area contributed by atoms with Crippen LogP contribution in [0.25, 0.3) is 0 Å². The lowest BCUT2D eigenvalue weighted by molar-refractivity contribution is 0.112. The van der Waals surface area contributed by atoms with Gasteiger partial charge in [0.05, 0.1) is 0 Å². The molecule has 0 aliphatic heterocycles. The van der Waals surface area contributed by atoms with E-state index in [-0.39, 0.29) is 5.46 Å². The summed E-state index contributed by atoms with van der Waals surface area (Å²) in [7, 11) is -2.46. The highest BCUT2D eigenvalue weighted by molar-refractivity contribution is 6.59. The van der Waals surface area contributed by atoms with Crippen molar-refractivity contribution in [1.29, 1.82) is 0 Å². The number of carbonyl (C=O) groups is 1. The van der Waals surface area contributed by atoms with Crippen LogP contribution in [0.4, 0.5) is 8.63 Å². The van der Waals surface area contributed by atoms with E-state index in [0.29, 0.717) is 11.8 Å². The summed E-state index contributed by atoms with van der Waals surface area (Å²) in [6.07, 6.45) is 0.620. The predicted molar refractivity (Wildman–Crippen MR) is 39.4 cm³/mol. The van der Waals surface area contributed by atoms with Crippen molar-refractivity contribution < 1.29 is 13.4 Å². The molecule has 56 valence electrons. The van der Waals surface area contributed by atoms with Crippen molar-refractivity contribution in [2.45, 2.75) is 0 Å². The topological polar surface area (TPSA) is 17.1 Å². The molecule has 0 saturated carbocycles. The van der Waals surface area contributed by atoms with Crippen LogP contribution in [0, 0.1) is 0 Å². The Morgan fingerprint density at radius 3 is 2.09 bits per heavy atom. The molecule has 1 aromatic carbocycles. The molecule has 0 aliphatic carbocycles. The minimum Gasteiger partial charge on any atom is -0.298 e. The van der Waals surface area contributed by atoms with Gasteiger partial charge in [0.1, 0.15) is 6.29 Å². The summed E-state index contributed by atoms with van der Waals surface area (Å²) in [5, 5.41) is 0. The predicted octanol–water partition coefficient (Wildman–Crippen LogP) is 1.13. The third-order valence-corrected chi connectivity index (χ3v) is 1.32. The third kappa shape index (κ3) is 1.87. The van der Waals surface area contributed by atoms with Crippen LogP contribution in [0.15, 0.2) is 24.3 Å². The van der Waals surface area contributed by atoms with E-state index in [1.54, 1.807) is 0 Å². The molecular formula is C7H5BF2O. The largest absolute Gasteiger partial charge is 0.571 e. The van der Waals surface area contributed by atoms with E-state index in [1.807, 2.05) is 0 Å². The Labute approximate surface area is 63.2 Å². The van der Waals surface area contributed by atoms with Gasteiger partial charge in [-0.1, -0.05) is 24.3 Å². The quantitative estimate of drug-likeness (QED) is 0.460. The number of hydrogen-bond acceptors (Lipinski definition) is 1. The van der Waals surface area contributed by atoms with Crippen LogP contribution in [0.5, 0.6) is 0 Å². The molecule has 0 heterocycles. The summed E-state index contributed by atoms with van der Waals surface area (Å²) >= 11 is 0. The number of carbonyl (C=O) groups excluding carboxylic acids is 1. The maximum Gasteiger partial charge on any atom is 0.571 e. The van der Waals surface area contributed by atoms with Gasteiger partial charge in [-0.2, -0.15) is 0 Å². The Kier molecular flexibility index (Phi) is 2.36. The molecule has 0 radical (unpaired) electrons. The van der Waals surface area contributed by atoms with Gasteiger partial charge in [-0.25, -0.2) is 0 Å².